The topological polar surface area (TPSA) is 41.6 Å². The highest BCUT2D eigenvalue weighted by Crippen LogP contribution is 2.17. The minimum absolute atomic E-state index is 0.0323. The average molecular weight is 238 g/mol. The maximum atomic E-state index is 11.7. The number of carbonyl (C=O) groups is 1. The van der Waals surface area contributed by atoms with Crippen LogP contribution in [0.4, 0.5) is 10.5 Å². The van der Waals surface area contributed by atoms with Crippen molar-refractivity contribution in [3.8, 4) is 5.75 Å². The van der Waals surface area contributed by atoms with Crippen molar-refractivity contribution in [3.05, 3.63) is 24.3 Å². The summed E-state index contributed by atoms with van der Waals surface area (Å²) in [6.45, 7) is 0.826. The van der Waals surface area contributed by atoms with Crippen LogP contribution in [0.5, 0.6) is 5.75 Å². The van der Waals surface area contributed by atoms with E-state index in [0.29, 0.717) is 0 Å². The first-order valence-electron chi connectivity index (χ1n) is 5.07. The summed E-state index contributed by atoms with van der Waals surface area (Å²) in [6, 6.07) is 7.29. The van der Waals surface area contributed by atoms with Crippen LogP contribution < -0.4 is 10.1 Å². The Labute approximate surface area is 99.0 Å². The second kappa shape index (κ2) is 5.12. The van der Waals surface area contributed by atoms with Gasteiger partial charge in [0.25, 0.3) is 0 Å². The van der Waals surface area contributed by atoms with Crippen molar-refractivity contribution in [3.63, 3.8) is 0 Å². The van der Waals surface area contributed by atoms with Gasteiger partial charge in [0.2, 0.25) is 0 Å². The molecule has 1 N–H and O–H groups in total. The molecular formula is C11H14N2O2S. The smallest absolute Gasteiger partial charge is 0.322 e. The molecule has 1 aromatic rings. The highest BCUT2D eigenvalue weighted by molar-refractivity contribution is 7.99. The third-order valence-electron chi connectivity index (χ3n) is 2.38. The summed E-state index contributed by atoms with van der Waals surface area (Å²) in [5.41, 5.74) is 0.794. The number of anilines is 1. The van der Waals surface area contributed by atoms with E-state index in [2.05, 4.69) is 5.32 Å². The van der Waals surface area contributed by atoms with Crippen molar-refractivity contribution >= 4 is 23.5 Å². The van der Waals surface area contributed by atoms with E-state index < -0.39 is 0 Å². The predicted molar refractivity (Wildman–Crippen MR) is 66.0 cm³/mol. The van der Waals surface area contributed by atoms with Gasteiger partial charge in [0, 0.05) is 18.0 Å². The molecule has 0 radical (unpaired) electrons. The Morgan fingerprint density at radius 2 is 2.19 bits per heavy atom. The summed E-state index contributed by atoms with van der Waals surface area (Å²) in [5.74, 6) is 2.59. The van der Waals surface area contributed by atoms with Gasteiger partial charge in [-0.1, -0.05) is 0 Å². The lowest BCUT2D eigenvalue weighted by Gasteiger charge is -2.15. The molecule has 5 heteroatoms. The second-order valence-corrected chi connectivity index (χ2v) is 4.53. The third-order valence-corrected chi connectivity index (χ3v) is 3.35. The van der Waals surface area contributed by atoms with Gasteiger partial charge in [-0.05, 0) is 24.3 Å². The zero-order valence-corrected chi connectivity index (χ0v) is 9.92. The Bertz CT molecular complexity index is 361. The fraction of sp³-hybridized carbons (Fsp3) is 0.364. The van der Waals surface area contributed by atoms with Crippen molar-refractivity contribution in [2.24, 2.45) is 0 Å². The lowest BCUT2D eigenvalue weighted by atomic mass is 10.3. The van der Waals surface area contributed by atoms with Crippen LogP contribution in [-0.2, 0) is 0 Å². The highest BCUT2D eigenvalue weighted by Gasteiger charge is 2.17. The molecule has 2 amide bonds. The van der Waals surface area contributed by atoms with Crippen molar-refractivity contribution < 1.29 is 9.53 Å². The number of nitrogens with one attached hydrogen (secondary N) is 1. The first-order chi connectivity index (χ1) is 7.79. The maximum Gasteiger partial charge on any atom is 0.322 e. The molecule has 0 spiro atoms. The average Bonchev–Trinajstić information content (AvgIpc) is 2.83. The Balaban J connectivity index is 1.94. The minimum atomic E-state index is -0.0323. The number of urea groups is 1. The van der Waals surface area contributed by atoms with Crippen molar-refractivity contribution in [2.75, 3.05) is 30.6 Å². The van der Waals surface area contributed by atoms with E-state index in [1.165, 1.54) is 0 Å². The Morgan fingerprint density at radius 1 is 1.44 bits per heavy atom. The molecule has 0 atom stereocenters. The summed E-state index contributed by atoms with van der Waals surface area (Å²) in [7, 11) is 1.62. The third kappa shape index (κ3) is 2.61. The van der Waals surface area contributed by atoms with Gasteiger partial charge in [-0.25, -0.2) is 4.79 Å². The predicted octanol–water partition coefficient (Wildman–Crippen LogP) is 2.23. The Kier molecular flexibility index (Phi) is 3.56. The number of methoxy groups -OCH3 is 1. The van der Waals surface area contributed by atoms with Gasteiger partial charge in [0.1, 0.15) is 5.75 Å². The van der Waals surface area contributed by atoms with Crippen LogP contribution in [0.3, 0.4) is 0 Å². The van der Waals surface area contributed by atoms with Crippen molar-refractivity contribution in [1.82, 2.24) is 4.90 Å². The largest absolute Gasteiger partial charge is 0.497 e. The van der Waals surface area contributed by atoms with Gasteiger partial charge in [0.15, 0.2) is 0 Å². The molecule has 2 rings (SSSR count). The Hall–Kier alpha value is -1.36. The number of rotatable bonds is 2. The summed E-state index contributed by atoms with van der Waals surface area (Å²) in [4.78, 5) is 13.5. The normalized spacial score (nSPS) is 14.9. The van der Waals surface area contributed by atoms with E-state index >= 15 is 0 Å². The van der Waals surface area contributed by atoms with Crippen LogP contribution >= 0.6 is 11.8 Å². The lowest BCUT2D eigenvalue weighted by molar-refractivity contribution is 0.225. The van der Waals surface area contributed by atoms with Crippen molar-refractivity contribution in [2.45, 2.75) is 0 Å². The molecule has 1 aromatic carbocycles. The van der Waals surface area contributed by atoms with Gasteiger partial charge in [0.05, 0.1) is 13.0 Å². The van der Waals surface area contributed by atoms with Crippen LogP contribution in [0.1, 0.15) is 0 Å². The molecule has 4 nitrogen and oxygen atoms in total. The zero-order valence-electron chi connectivity index (χ0n) is 9.10. The number of amides is 2. The molecule has 0 aliphatic carbocycles. The molecule has 86 valence electrons. The molecule has 0 bridgehead atoms. The molecule has 1 fully saturated rings. The van der Waals surface area contributed by atoms with Gasteiger partial charge in [-0.3, -0.25) is 0 Å². The van der Waals surface area contributed by atoms with Crippen LogP contribution in [-0.4, -0.2) is 36.2 Å². The molecule has 0 aromatic heterocycles. The summed E-state index contributed by atoms with van der Waals surface area (Å²) >= 11 is 1.77. The SMILES string of the molecule is COc1ccc(NC(=O)N2CCSC2)cc1. The zero-order chi connectivity index (χ0) is 11.4. The molecule has 0 saturated carbocycles. The van der Waals surface area contributed by atoms with Gasteiger partial charge in [-0.15, -0.1) is 11.8 Å². The molecule has 1 aliphatic rings. The molecule has 16 heavy (non-hydrogen) atoms. The number of hydrogen-bond acceptors (Lipinski definition) is 3. The number of nitrogens with zero attached hydrogens (tertiary/aromatic N) is 1. The van der Waals surface area contributed by atoms with Crippen LogP contribution in [0, 0.1) is 0 Å². The molecule has 1 aliphatic heterocycles. The fourth-order valence-electron chi connectivity index (χ4n) is 1.45. The van der Waals surface area contributed by atoms with E-state index in [0.717, 1.165) is 29.6 Å². The summed E-state index contributed by atoms with van der Waals surface area (Å²) in [6.07, 6.45) is 0. The number of ether oxygens (including phenoxy) is 1. The first-order valence-corrected chi connectivity index (χ1v) is 6.23. The monoisotopic (exact) mass is 238 g/mol. The molecule has 1 heterocycles. The molecular weight excluding hydrogens is 224 g/mol. The molecule has 1 saturated heterocycles. The number of hydrogen-bond donors (Lipinski definition) is 1. The number of thioether (sulfide) groups is 1. The van der Waals surface area contributed by atoms with E-state index in [4.69, 9.17) is 4.74 Å². The quantitative estimate of drug-likeness (QED) is 0.859. The second-order valence-electron chi connectivity index (χ2n) is 3.46. The van der Waals surface area contributed by atoms with Crippen LogP contribution in [0.25, 0.3) is 0 Å². The number of benzene rings is 1. The van der Waals surface area contributed by atoms with E-state index in [1.807, 2.05) is 24.3 Å². The minimum Gasteiger partial charge on any atom is -0.497 e. The highest BCUT2D eigenvalue weighted by atomic mass is 32.2. The van der Waals surface area contributed by atoms with E-state index in [9.17, 15) is 4.79 Å². The summed E-state index contributed by atoms with van der Waals surface area (Å²) < 4.78 is 5.05. The number of carbonyl (C=O) groups excluding carboxylic acids is 1. The van der Waals surface area contributed by atoms with Crippen LogP contribution in [0.2, 0.25) is 0 Å². The van der Waals surface area contributed by atoms with E-state index in [-0.39, 0.29) is 6.03 Å². The lowest BCUT2D eigenvalue weighted by Crippen LogP contribution is -2.32. The van der Waals surface area contributed by atoms with E-state index in [1.54, 1.807) is 23.8 Å². The van der Waals surface area contributed by atoms with Gasteiger partial charge in [-0.2, -0.15) is 0 Å². The van der Waals surface area contributed by atoms with Gasteiger partial charge >= 0.3 is 6.03 Å². The first kappa shape index (κ1) is 11.1. The maximum absolute atomic E-state index is 11.7. The molecule has 0 unspecified atom stereocenters. The van der Waals surface area contributed by atoms with Crippen LogP contribution in [0.15, 0.2) is 24.3 Å². The standard InChI is InChI=1S/C11H14N2O2S/c1-15-10-4-2-9(3-5-10)12-11(14)13-6-7-16-8-13/h2-5H,6-8H2,1H3,(H,12,14). The van der Waals surface area contributed by atoms with Crippen molar-refractivity contribution in [1.29, 1.82) is 0 Å². The Morgan fingerprint density at radius 3 is 2.75 bits per heavy atom. The fourth-order valence-corrected chi connectivity index (χ4v) is 2.40. The van der Waals surface area contributed by atoms with Gasteiger partial charge < -0.3 is 15.0 Å². The summed E-state index contributed by atoms with van der Waals surface area (Å²) in [5, 5.41) is 2.85.